The number of nitrogens with one attached hydrogen (secondary N) is 1. The lowest BCUT2D eigenvalue weighted by atomic mass is 10.1. The summed E-state index contributed by atoms with van der Waals surface area (Å²) in [6.45, 7) is 2.29. The Morgan fingerprint density at radius 3 is 2.29 bits per heavy atom. The molecule has 2 atom stereocenters. The molecule has 0 saturated heterocycles. The largest absolute Gasteiger partial charge is 0.478 e. The summed E-state index contributed by atoms with van der Waals surface area (Å²) < 4.78 is 26.0. The van der Waals surface area contributed by atoms with Crippen molar-refractivity contribution >= 4 is 51.4 Å². The molecule has 0 amide bonds. The van der Waals surface area contributed by atoms with Crippen LogP contribution in [0, 0.1) is 0 Å². The highest BCUT2D eigenvalue weighted by Gasteiger charge is 2.26. The third-order valence-corrected chi connectivity index (χ3v) is 7.51. The molecule has 34 heavy (non-hydrogen) atoms. The Kier molecular flexibility index (Phi) is 9.94. The monoisotopic (exact) mass is 543 g/mol. The molecule has 0 aliphatic rings. The van der Waals surface area contributed by atoms with Crippen molar-refractivity contribution in [1.29, 1.82) is 0 Å². The Balaban J connectivity index is 0.00000408. The molecular weight excluding hydrogens is 521 g/mol. The van der Waals surface area contributed by atoms with E-state index in [1.54, 1.807) is 36.4 Å². The van der Waals surface area contributed by atoms with Crippen LogP contribution < -0.4 is 5.32 Å². The fourth-order valence-electron chi connectivity index (χ4n) is 3.44. The molecule has 3 N–H and O–H groups in total. The highest BCUT2D eigenvalue weighted by molar-refractivity contribution is 7.91. The topological polar surface area (TPSA) is 104 Å². The van der Waals surface area contributed by atoms with Gasteiger partial charge in [-0.25, -0.2) is 13.2 Å². The van der Waals surface area contributed by atoms with Crippen LogP contribution in [0.25, 0.3) is 0 Å². The van der Waals surface area contributed by atoms with Crippen molar-refractivity contribution in [3.8, 4) is 0 Å². The molecule has 3 aromatic carbocycles. The molecule has 0 spiro atoms. The van der Waals surface area contributed by atoms with E-state index in [1.165, 1.54) is 30.3 Å². The van der Waals surface area contributed by atoms with E-state index in [0.717, 1.165) is 11.1 Å². The third kappa shape index (κ3) is 6.72. The second kappa shape index (κ2) is 12.0. The summed E-state index contributed by atoms with van der Waals surface area (Å²) in [6.07, 6.45) is -0.111. The van der Waals surface area contributed by atoms with Gasteiger partial charge in [-0.1, -0.05) is 53.5 Å². The van der Waals surface area contributed by atoms with Gasteiger partial charge in [-0.2, -0.15) is 0 Å². The minimum atomic E-state index is -4.06. The first kappa shape index (κ1) is 28.1. The van der Waals surface area contributed by atoms with Crippen LogP contribution >= 0.6 is 35.6 Å². The minimum Gasteiger partial charge on any atom is -0.478 e. The van der Waals surface area contributed by atoms with Gasteiger partial charge >= 0.3 is 5.97 Å². The highest BCUT2D eigenvalue weighted by Crippen LogP contribution is 2.29. The SMILES string of the molecule is CC(Cc1ccc(S(=O)(=O)c2cccc(Cl)c2C(=O)O)cc1)NC[C@H](O)c1cccc(Cl)c1.Cl. The van der Waals surface area contributed by atoms with E-state index in [9.17, 15) is 23.4 Å². The fraction of sp³-hybridized carbons (Fsp3) is 0.208. The van der Waals surface area contributed by atoms with E-state index < -0.39 is 27.5 Å². The molecule has 0 bridgehead atoms. The Bertz CT molecular complexity index is 1250. The number of carboxylic acids is 1. The number of sulfone groups is 1. The van der Waals surface area contributed by atoms with Crippen molar-refractivity contribution in [2.75, 3.05) is 6.54 Å². The highest BCUT2D eigenvalue weighted by atomic mass is 35.5. The molecule has 0 radical (unpaired) electrons. The summed E-state index contributed by atoms with van der Waals surface area (Å²) in [7, 11) is -4.06. The number of hydrogen-bond donors (Lipinski definition) is 3. The molecule has 0 fully saturated rings. The number of aliphatic hydroxyl groups excluding tert-OH is 1. The molecular formula is C24H24Cl3NO5S. The van der Waals surface area contributed by atoms with E-state index in [1.807, 2.05) is 6.92 Å². The van der Waals surface area contributed by atoms with Crippen LogP contribution in [0.15, 0.2) is 76.5 Å². The molecule has 0 saturated carbocycles. The number of rotatable bonds is 9. The molecule has 182 valence electrons. The average Bonchev–Trinajstić information content (AvgIpc) is 2.77. The zero-order valence-electron chi connectivity index (χ0n) is 18.1. The van der Waals surface area contributed by atoms with Gasteiger partial charge in [0.05, 0.1) is 26.5 Å². The molecule has 0 aromatic heterocycles. The Labute approximate surface area is 214 Å². The summed E-state index contributed by atoms with van der Waals surface area (Å²) in [5, 5.41) is 23.4. The summed E-state index contributed by atoms with van der Waals surface area (Å²) in [6, 6.07) is 17.3. The number of carboxylic acid groups (broad SMARTS) is 1. The number of benzene rings is 3. The van der Waals surface area contributed by atoms with Gasteiger partial charge in [0.1, 0.15) is 0 Å². The molecule has 6 nitrogen and oxygen atoms in total. The summed E-state index contributed by atoms with van der Waals surface area (Å²) >= 11 is 11.9. The molecule has 1 unspecified atom stereocenters. The zero-order chi connectivity index (χ0) is 24.2. The molecule has 10 heteroatoms. The number of halogens is 3. The third-order valence-electron chi connectivity index (χ3n) is 5.15. The Morgan fingerprint density at radius 2 is 1.68 bits per heavy atom. The van der Waals surface area contributed by atoms with E-state index >= 15 is 0 Å². The van der Waals surface area contributed by atoms with Crippen molar-refractivity contribution in [2.24, 2.45) is 0 Å². The molecule has 0 aliphatic heterocycles. The fourth-order valence-corrected chi connectivity index (χ4v) is 5.42. The summed E-state index contributed by atoms with van der Waals surface area (Å²) in [4.78, 5) is 11.2. The van der Waals surface area contributed by atoms with Gasteiger partial charge in [-0.3, -0.25) is 0 Å². The maximum atomic E-state index is 13.0. The van der Waals surface area contributed by atoms with Crippen molar-refractivity contribution < 1.29 is 23.4 Å². The van der Waals surface area contributed by atoms with Gasteiger partial charge in [-0.05, 0) is 60.9 Å². The van der Waals surface area contributed by atoms with Crippen LogP contribution in [0.3, 0.4) is 0 Å². The van der Waals surface area contributed by atoms with Gasteiger partial charge in [0.2, 0.25) is 9.84 Å². The second-order valence-corrected chi connectivity index (χ2v) is 10.4. The van der Waals surface area contributed by atoms with Crippen LogP contribution in [0.4, 0.5) is 0 Å². The predicted molar refractivity (Wildman–Crippen MR) is 135 cm³/mol. The van der Waals surface area contributed by atoms with Crippen LogP contribution in [-0.2, 0) is 16.3 Å². The van der Waals surface area contributed by atoms with Crippen LogP contribution in [0.2, 0.25) is 10.0 Å². The van der Waals surface area contributed by atoms with E-state index in [-0.39, 0.29) is 33.3 Å². The van der Waals surface area contributed by atoms with Gasteiger partial charge < -0.3 is 15.5 Å². The zero-order valence-corrected chi connectivity index (χ0v) is 21.3. The average molecular weight is 545 g/mol. The smallest absolute Gasteiger partial charge is 0.338 e. The summed E-state index contributed by atoms with van der Waals surface area (Å²) in [5.41, 5.74) is 1.16. The van der Waals surface area contributed by atoms with E-state index in [0.29, 0.717) is 18.0 Å². The first-order chi connectivity index (χ1) is 15.6. The first-order valence-electron chi connectivity index (χ1n) is 10.1. The Hall–Kier alpha value is -2.13. The molecule has 3 rings (SSSR count). The number of hydrogen-bond acceptors (Lipinski definition) is 5. The maximum Gasteiger partial charge on any atom is 0.338 e. The lowest BCUT2D eigenvalue weighted by Crippen LogP contribution is -2.32. The van der Waals surface area contributed by atoms with Crippen molar-refractivity contribution in [3.63, 3.8) is 0 Å². The predicted octanol–water partition coefficient (Wildman–Crippen LogP) is 5.20. The maximum absolute atomic E-state index is 13.0. The minimum absolute atomic E-state index is 0. The van der Waals surface area contributed by atoms with Gasteiger partial charge in [0.15, 0.2) is 0 Å². The lowest BCUT2D eigenvalue weighted by molar-refractivity contribution is 0.0693. The van der Waals surface area contributed by atoms with Gasteiger partial charge in [0.25, 0.3) is 0 Å². The van der Waals surface area contributed by atoms with E-state index in [4.69, 9.17) is 23.2 Å². The van der Waals surface area contributed by atoms with Gasteiger partial charge in [0, 0.05) is 17.6 Å². The van der Waals surface area contributed by atoms with Crippen molar-refractivity contribution in [3.05, 3.63) is 93.5 Å². The number of aromatic carboxylic acids is 1. The van der Waals surface area contributed by atoms with Gasteiger partial charge in [-0.15, -0.1) is 12.4 Å². The normalized spacial score (nSPS) is 13.1. The quantitative estimate of drug-likeness (QED) is 0.342. The van der Waals surface area contributed by atoms with Crippen LogP contribution in [0.1, 0.15) is 34.5 Å². The Morgan fingerprint density at radius 1 is 1.03 bits per heavy atom. The second-order valence-electron chi connectivity index (χ2n) is 7.65. The molecule has 0 aliphatic carbocycles. The first-order valence-corrected chi connectivity index (χ1v) is 12.4. The van der Waals surface area contributed by atoms with Crippen LogP contribution in [0.5, 0.6) is 0 Å². The van der Waals surface area contributed by atoms with Crippen LogP contribution in [-0.4, -0.2) is 37.2 Å². The standard InChI is InChI=1S/C24H23Cl2NO5S.ClH/c1-15(27-14-21(28)17-4-2-5-18(25)13-17)12-16-8-10-19(11-9-16)33(31,32)22-7-3-6-20(26)23(22)24(29)30;/h2-11,13,15,21,27-28H,12,14H2,1H3,(H,29,30);1H/t15?,21-;/m0./s1. The lowest BCUT2D eigenvalue weighted by Gasteiger charge is -2.18. The molecule has 0 heterocycles. The van der Waals surface area contributed by atoms with Crippen molar-refractivity contribution in [1.82, 2.24) is 5.32 Å². The van der Waals surface area contributed by atoms with Crippen molar-refractivity contribution in [2.45, 2.75) is 35.3 Å². The number of aliphatic hydroxyl groups is 1. The number of carbonyl (C=O) groups is 1. The summed E-state index contributed by atoms with van der Waals surface area (Å²) in [5.74, 6) is -1.41. The van der Waals surface area contributed by atoms with E-state index in [2.05, 4.69) is 5.32 Å². The molecule has 3 aromatic rings.